The zero-order valence-corrected chi connectivity index (χ0v) is 12.6. The van der Waals surface area contributed by atoms with Gasteiger partial charge in [-0.3, -0.25) is 9.69 Å². The first-order chi connectivity index (χ1) is 10.2. The van der Waals surface area contributed by atoms with Crippen molar-refractivity contribution in [2.75, 3.05) is 24.5 Å². The Morgan fingerprint density at radius 3 is 3.05 bits per heavy atom. The highest BCUT2D eigenvalue weighted by molar-refractivity contribution is 7.08. The lowest BCUT2D eigenvalue weighted by molar-refractivity contribution is -0.117. The van der Waals surface area contributed by atoms with Crippen molar-refractivity contribution in [2.24, 2.45) is 5.41 Å². The third kappa shape index (κ3) is 2.40. The van der Waals surface area contributed by atoms with E-state index in [-0.39, 0.29) is 11.3 Å². The molecule has 2 saturated heterocycles. The summed E-state index contributed by atoms with van der Waals surface area (Å²) in [7, 11) is 0. The highest BCUT2D eigenvalue weighted by atomic mass is 32.1. The number of furan rings is 1. The minimum absolute atomic E-state index is 0.131. The Morgan fingerprint density at radius 2 is 2.29 bits per heavy atom. The van der Waals surface area contributed by atoms with E-state index in [1.807, 2.05) is 28.5 Å². The molecule has 0 N–H and O–H groups in total. The van der Waals surface area contributed by atoms with Gasteiger partial charge < -0.3 is 9.32 Å². The fourth-order valence-electron chi connectivity index (χ4n) is 3.60. The lowest BCUT2D eigenvalue weighted by Crippen LogP contribution is -2.31. The number of likely N-dealkylation sites (tertiary alicyclic amines) is 1. The van der Waals surface area contributed by atoms with Crippen molar-refractivity contribution in [3.8, 4) is 0 Å². The van der Waals surface area contributed by atoms with E-state index in [9.17, 15) is 4.79 Å². The summed E-state index contributed by atoms with van der Waals surface area (Å²) in [6.45, 7) is 3.74. The summed E-state index contributed by atoms with van der Waals surface area (Å²) in [5.74, 6) is 1.28. The van der Waals surface area contributed by atoms with Gasteiger partial charge in [0.25, 0.3) is 0 Å². The molecule has 1 unspecified atom stereocenters. The molecular weight excluding hydrogens is 284 g/mol. The molecule has 2 aliphatic rings. The summed E-state index contributed by atoms with van der Waals surface area (Å²) in [5, 5.41) is 4.10. The Balaban J connectivity index is 1.46. The van der Waals surface area contributed by atoms with E-state index in [0.717, 1.165) is 44.0 Å². The predicted molar refractivity (Wildman–Crippen MR) is 82.3 cm³/mol. The maximum absolute atomic E-state index is 12.4. The topological polar surface area (TPSA) is 36.7 Å². The van der Waals surface area contributed by atoms with Gasteiger partial charge in [-0.1, -0.05) is 0 Å². The van der Waals surface area contributed by atoms with Gasteiger partial charge in [0.15, 0.2) is 0 Å². The van der Waals surface area contributed by atoms with Crippen LogP contribution in [0, 0.1) is 5.41 Å². The quantitative estimate of drug-likeness (QED) is 0.874. The molecule has 4 heterocycles. The summed E-state index contributed by atoms with van der Waals surface area (Å²) in [4.78, 5) is 16.7. The van der Waals surface area contributed by atoms with Gasteiger partial charge in [0.2, 0.25) is 5.91 Å². The minimum Gasteiger partial charge on any atom is -0.468 e. The van der Waals surface area contributed by atoms with Gasteiger partial charge >= 0.3 is 0 Å². The molecular formula is C16H18N2O2S. The van der Waals surface area contributed by atoms with Crippen molar-refractivity contribution in [3.63, 3.8) is 0 Å². The van der Waals surface area contributed by atoms with Crippen molar-refractivity contribution >= 4 is 22.9 Å². The molecule has 21 heavy (non-hydrogen) atoms. The average Bonchev–Trinajstić information content (AvgIpc) is 3.21. The minimum atomic E-state index is 0.131. The molecule has 2 aliphatic heterocycles. The van der Waals surface area contributed by atoms with Crippen LogP contribution in [0.4, 0.5) is 5.69 Å². The van der Waals surface area contributed by atoms with Crippen LogP contribution in [0.1, 0.15) is 18.6 Å². The molecule has 2 aromatic rings. The molecule has 0 bridgehead atoms. The predicted octanol–water partition coefficient (Wildman–Crippen LogP) is 2.97. The largest absolute Gasteiger partial charge is 0.468 e. The smallest absolute Gasteiger partial charge is 0.227 e. The van der Waals surface area contributed by atoms with E-state index in [1.54, 1.807) is 17.6 Å². The SMILES string of the molecule is O=C1CC2(CCN(Cc3ccco3)C2)CN1c1ccsc1. The number of amides is 1. The second-order valence-corrected chi connectivity index (χ2v) is 6.96. The van der Waals surface area contributed by atoms with Crippen molar-refractivity contribution in [2.45, 2.75) is 19.4 Å². The molecule has 5 heteroatoms. The van der Waals surface area contributed by atoms with Gasteiger partial charge in [-0.2, -0.15) is 11.3 Å². The number of rotatable bonds is 3. The first-order valence-corrected chi connectivity index (χ1v) is 8.26. The van der Waals surface area contributed by atoms with Gasteiger partial charge in [0, 0.05) is 30.3 Å². The molecule has 1 atom stereocenters. The summed E-state index contributed by atoms with van der Waals surface area (Å²) >= 11 is 1.65. The van der Waals surface area contributed by atoms with Gasteiger partial charge in [0.1, 0.15) is 5.76 Å². The first-order valence-electron chi connectivity index (χ1n) is 7.31. The van der Waals surface area contributed by atoms with Crippen molar-refractivity contribution < 1.29 is 9.21 Å². The first kappa shape index (κ1) is 13.1. The van der Waals surface area contributed by atoms with E-state index < -0.39 is 0 Å². The van der Waals surface area contributed by atoms with Crippen LogP contribution in [0.3, 0.4) is 0 Å². The lowest BCUT2D eigenvalue weighted by atomic mass is 9.86. The molecule has 110 valence electrons. The molecule has 0 radical (unpaired) electrons. The summed E-state index contributed by atoms with van der Waals surface area (Å²) in [6.07, 6.45) is 3.50. The monoisotopic (exact) mass is 302 g/mol. The van der Waals surface area contributed by atoms with Crippen LogP contribution >= 0.6 is 11.3 Å². The van der Waals surface area contributed by atoms with Gasteiger partial charge in [-0.05, 0) is 36.5 Å². The van der Waals surface area contributed by atoms with Crippen molar-refractivity contribution in [1.29, 1.82) is 0 Å². The molecule has 1 spiro atoms. The molecule has 2 fully saturated rings. The van der Waals surface area contributed by atoms with E-state index >= 15 is 0 Å². The summed E-state index contributed by atoms with van der Waals surface area (Å²) < 4.78 is 5.43. The molecule has 4 rings (SSSR count). The van der Waals surface area contributed by atoms with Crippen LogP contribution in [-0.4, -0.2) is 30.4 Å². The van der Waals surface area contributed by atoms with Gasteiger partial charge in [-0.15, -0.1) is 0 Å². The Kier molecular flexibility index (Phi) is 3.12. The van der Waals surface area contributed by atoms with E-state index in [2.05, 4.69) is 10.3 Å². The molecule has 4 nitrogen and oxygen atoms in total. The number of hydrogen-bond donors (Lipinski definition) is 0. The fraction of sp³-hybridized carbons (Fsp3) is 0.438. The Morgan fingerprint density at radius 1 is 1.33 bits per heavy atom. The fourth-order valence-corrected chi connectivity index (χ4v) is 4.24. The maximum Gasteiger partial charge on any atom is 0.227 e. The molecule has 0 aromatic carbocycles. The molecule has 1 amide bonds. The Labute approximate surface area is 128 Å². The molecule has 0 aliphatic carbocycles. The third-order valence-electron chi connectivity index (χ3n) is 4.62. The Hall–Kier alpha value is -1.59. The van der Waals surface area contributed by atoms with E-state index in [0.29, 0.717) is 6.42 Å². The second kappa shape index (κ2) is 5.00. The number of nitrogens with zero attached hydrogens (tertiary/aromatic N) is 2. The average molecular weight is 302 g/mol. The van der Waals surface area contributed by atoms with E-state index in [4.69, 9.17) is 4.42 Å². The Bertz CT molecular complexity index is 623. The maximum atomic E-state index is 12.4. The van der Waals surface area contributed by atoms with Crippen LogP contribution in [0.2, 0.25) is 0 Å². The van der Waals surface area contributed by atoms with Gasteiger partial charge in [0.05, 0.1) is 18.5 Å². The number of anilines is 1. The number of carbonyl (C=O) groups is 1. The zero-order chi connectivity index (χ0) is 14.3. The highest BCUT2D eigenvalue weighted by Gasteiger charge is 2.47. The second-order valence-electron chi connectivity index (χ2n) is 6.18. The normalized spacial score (nSPS) is 26.3. The van der Waals surface area contributed by atoms with Crippen molar-refractivity contribution in [3.05, 3.63) is 41.0 Å². The number of thiophene rings is 1. The van der Waals surface area contributed by atoms with Gasteiger partial charge in [-0.25, -0.2) is 0 Å². The van der Waals surface area contributed by atoms with E-state index in [1.165, 1.54) is 0 Å². The molecule has 2 aromatic heterocycles. The van der Waals surface area contributed by atoms with Crippen LogP contribution in [0.5, 0.6) is 0 Å². The number of carbonyl (C=O) groups excluding carboxylic acids is 1. The van der Waals surface area contributed by atoms with Crippen molar-refractivity contribution in [1.82, 2.24) is 4.90 Å². The zero-order valence-electron chi connectivity index (χ0n) is 11.8. The van der Waals surface area contributed by atoms with Crippen LogP contribution in [-0.2, 0) is 11.3 Å². The van der Waals surface area contributed by atoms with Crippen LogP contribution < -0.4 is 4.90 Å². The third-order valence-corrected chi connectivity index (χ3v) is 5.29. The number of hydrogen-bond acceptors (Lipinski definition) is 4. The molecule has 0 saturated carbocycles. The lowest BCUT2D eigenvalue weighted by Gasteiger charge is -2.23. The summed E-state index contributed by atoms with van der Waals surface area (Å²) in [5.41, 5.74) is 1.19. The summed E-state index contributed by atoms with van der Waals surface area (Å²) in [6, 6.07) is 5.98. The van der Waals surface area contributed by atoms with Crippen LogP contribution in [0.15, 0.2) is 39.6 Å². The van der Waals surface area contributed by atoms with Crippen LogP contribution in [0.25, 0.3) is 0 Å². The highest BCUT2D eigenvalue weighted by Crippen LogP contribution is 2.42. The standard InChI is InChI=1S/C16H18N2O2S/c19-15-8-16(12-18(15)13-3-7-21-10-13)4-5-17(11-16)9-14-2-1-6-20-14/h1-3,6-7,10H,4-5,8-9,11-12H2.